The molecule has 1 amide bonds. The van der Waals surface area contributed by atoms with E-state index in [-0.39, 0.29) is 29.5 Å². The summed E-state index contributed by atoms with van der Waals surface area (Å²) in [5.41, 5.74) is 3.28. The van der Waals surface area contributed by atoms with Crippen molar-refractivity contribution < 1.29 is 44.3 Å². The molecule has 0 heterocycles. The normalized spacial score (nSPS) is 29.6. The van der Waals surface area contributed by atoms with Crippen molar-refractivity contribution in [2.75, 3.05) is 40.2 Å². The minimum absolute atomic E-state index is 0.00965. The summed E-state index contributed by atoms with van der Waals surface area (Å²) in [5, 5.41) is 45.1. The zero-order valence-corrected chi connectivity index (χ0v) is 22.2. The Hall–Kier alpha value is -3.92. The highest BCUT2D eigenvalue weighted by Gasteiger charge is 2.67. The summed E-state index contributed by atoms with van der Waals surface area (Å²) in [7, 11) is 7.78. The quantitative estimate of drug-likeness (QED) is 0.174. The van der Waals surface area contributed by atoms with Crippen molar-refractivity contribution in [1.29, 1.82) is 0 Å². The lowest BCUT2D eigenvalue weighted by molar-refractivity contribution is -0.184. The molecule has 0 bridgehead atoms. The molecule has 3 aliphatic rings. The van der Waals surface area contributed by atoms with E-state index in [2.05, 4.69) is 16.6 Å². The Labute approximate surface area is 224 Å². The molecule has 6 N–H and O–H groups in total. The lowest BCUT2D eigenvalue weighted by Gasteiger charge is -2.53. The molecule has 4 rings (SSSR count). The number of carbonyl (C=O) groups is 4. The number of anilines is 1. The number of primary amides is 1. The molecule has 2 unspecified atom stereocenters. The van der Waals surface area contributed by atoms with Gasteiger partial charge in [-0.15, -0.1) is 0 Å². The first-order valence-electron chi connectivity index (χ1n) is 12.2. The van der Waals surface area contributed by atoms with Gasteiger partial charge in [-0.1, -0.05) is 5.92 Å². The zero-order valence-electron chi connectivity index (χ0n) is 22.2. The van der Waals surface area contributed by atoms with Crippen molar-refractivity contribution in [3.05, 3.63) is 28.3 Å². The number of ether oxygens (including phenoxy) is 1. The second-order valence-corrected chi connectivity index (χ2v) is 10.6. The second-order valence-electron chi connectivity index (χ2n) is 10.6. The summed E-state index contributed by atoms with van der Waals surface area (Å²) >= 11 is 0. The topological polar surface area (TPSA) is 191 Å². The number of hydrogen-bond donors (Lipinski definition) is 5. The number of carbonyl (C=O) groups excluding carboxylic acids is 4. The number of likely N-dealkylation sites (N-methyl/N-ethyl adjacent to an activating group) is 1. The molecular weight excluding hydrogens is 510 g/mol. The first-order valence-corrected chi connectivity index (χ1v) is 12.2. The number of Topliss-reactive ketones (excluding diaryl/α,β-unsaturated/α-hetero) is 2. The summed E-state index contributed by atoms with van der Waals surface area (Å²) in [4.78, 5) is 54.3. The van der Waals surface area contributed by atoms with E-state index in [0.29, 0.717) is 11.3 Å². The minimum Gasteiger partial charge on any atom is -0.507 e. The van der Waals surface area contributed by atoms with Crippen LogP contribution in [0, 0.1) is 29.6 Å². The molecule has 0 aliphatic heterocycles. The van der Waals surface area contributed by atoms with Gasteiger partial charge in [-0.25, -0.2) is 4.79 Å². The van der Waals surface area contributed by atoms with Crippen LogP contribution in [0.1, 0.15) is 23.1 Å². The van der Waals surface area contributed by atoms with Gasteiger partial charge in [0.25, 0.3) is 0 Å². The van der Waals surface area contributed by atoms with Gasteiger partial charge in [0, 0.05) is 43.2 Å². The van der Waals surface area contributed by atoms with Crippen LogP contribution in [-0.2, 0) is 30.3 Å². The number of benzene rings is 1. The lowest BCUT2D eigenvalue weighted by atomic mass is 9.54. The number of hydrogen-bond acceptors (Lipinski definition) is 11. The molecular formula is C27H31N3O9. The van der Waals surface area contributed by atoms with Gasteiger partial charge < -0.3 is 40.7 Å². The molecule has 12 nitrogen and oxygen atoms in total. The average Bonchev–Trinajstić information content (AvgIpc) is 2.84. The first kappa shape index (κ1) is 28.1. The average molecular weight is 542 g/mol. The summed E-state index contributed by atoms with van der Waals surface area (Å²) in [6, 6.07) is 0.564. The fraction of sp³-hybridized carbons (Fsp3) is 0.481. The van der Waals surface area contributed by atoms with Crippen molar-refractivity contribution in [2.45, 2.75) is 30.6 Å². The third-order valence-corrected chi connectivity index (χ3v) is 8.03. The predicted octanol–water partition coefficient (Wildman–Crippen LogP) is -1.28. The highest BCUT2D eigenvalue weighted by molar-refractivity contribution is 6.25. The highest BCUT2D eigenvalue weighted by atomic mass is 16.5. The summed E-state index contributed by atoms with van der Waals surface area (Å²) in [6.07, 6.45) is -1.41. The van der Waals surface area contributed by atoms with Crippen LogP contribution in [0.5, 0.6) is 5.75 Å². The molecule has 2 fully saturated rings. The van der Waals surface area contributed by atoms with E-state index < -0.39 is 70.5 Å². The van der Waals surface area contributed by atoms with Crippen LogP contribution < -0.4 is 10.6 Å². The number of fused-ring (bicyclic) bond motifs is 3. The van der Waals surface area contributed by atoms with Gasteiger partial charge in [0.2, 0.25) is 11.7 Å². The van der Waals surface area contributed by atoms with Gasteiger partial charge in [-0.05, 0) is 44.5 Å². The van der Waals surface area contributed by atoms with Gasteiger partial charge in [0.15, 0.2) is 11.4 Å². The molecule has 0 aromatic heterocycles. The second kappa shape index (κ2) is 9.68. The smallest absolute Gasteiger partial charge is 0.384 e. The summed E-state index contributed by atoms with van der Waals surface area (Å²) in [6.45, 7) is 0. The number of amides is 1. The van der Waals surface area contributed by atoms with Crippen LogP contribution >= 0.6 is 0 Å². The van der Waals surface area contributed by atoms with Crippen LogP contribution in [0.25, 0.3) is 5.76 Å². The third-order valence-electron chi connectivity index (χ3n) is 8.03. The van der Waals surface area contributed by atoms with E-state index in [9.17, 15) is 39.6 Å². The number of ketones is 2. The van der Waals surface area contributed by atoms with Crippen LogP contribution in [-0.4, -0.2) is 102 Å². The highest BCUT2D eigenvalue weighted by Crippen LogP contribution is 2.53. The Balaban J connectivity index is 1.96. The van der Waals surface area contributed by atoms with Crippen molar-refractivity contribution in [1.82, 2.24) is 4.90 Å². The molecule has 0 radical (unpaired) electrons. The van der Waals surface area contributed by atoms with E-state index in [0.717, 1.165) is 7.11 Å². The van der Waals surface area contributed by atoms with Crippen LogP contribution in [0.15, 0.2) is 11.6 Å². The predicted molar refractivity (Wildman–Crippen MR) is 137 cm³/mol. The number of methoxy groups -OCH3 is 1. The van der Waals surface area contributed by atoms with E-state index in [1.165, 1.54) is 11.0 Å². The Bertz CT molecular complexity index is 1390. The molecule has 208 valence electrons. The van der Waals surface area contributed by atoms with Gasteiger partial charge in [-0.3, -0.25) is 14.4 Å². The number of nitrogens with two attached hydrogens (primary N) is 1. The van der Waals surface area contributed by atoms with E-state index >= 15 is 0 Å². The molecule has 12 heteroatoms. The number of esters is 1. The van der Waals surface area contributed by atoms with E-state index in [4.69, 9.17) is 5.73 Å². The van der Waals surface area contributed by atoms with Crippen LogP contribution in [0.2, 0.25) is 0 Å². The number of phenols is 1. The van der Waals surface area contributed by atoms with Crippen LogP contribution in [0.4, 0.5) is 5.69 Å². The molecule has 0 spiro atoms. The Morgan fingerprint density at radius 3 is 2.36 bits per heavy atom. The van der Waals surface area contributed by atoms with E-state index in [1.807, 2.05) is 0 Å². The largest absolute Gasteiger partial charge is 0.507 e. The maximum absolute atomic E-state index is 13.9. The van der Waals surface area contributed by atoms with Crippen molar-refractivity contribution in [3.8, 4) is 17.6 Å². The fourth-order valence-electron chi connectivity index (χ4n) is 6.32. The number of aromatic hydroxyl groups is 1. The van der Waals surface area contributed by atoms with Crippen LogP contribution in [0.3, 0.4) is 0 Å². The van der Waals surface area contributed by atoms with Gasteiger partial charge >= 0.3 is 5.97 Å². The Morgan fingerprint density at radius 2 is 1.82 bits per heavy atom. The fourth-order valence-corrected chi connectivity index (χ4v) is 6.32. The standard InChI is InChI=1S/C27H31N3O9/c1-29(2)15-10-11(6-7-16(31)39-5)21(32)18-13(15)8-12-9-14-20(30(3)4)23(34)19(26(28)37)25(36)27(14,38)24(35)17(12)22(18)33/h10,12,14,19-20,23,32-34,38H,8-9H2,1-5H3,(H2,28,37)/t12-,14-,19?,20-,23?,27-/m0/s1. The number of rotatable bonds is 3. The van der Waals surface area contributed by atoms with Crippen molar-refractivity contribution in [3.63, 3.8) is 0 Å². The Morgan fingerprint density at radius 1 is 1.18 bits per heavy atom. The molecule has 2 saturated carbocycles. The minimum atomic E-state index is -2.74. The van der Waals surface area contributed by atoms with Gasteiger partial charge in [0.1, 0.15) is 17.4 Å². The molecule has 1 aromatic carbocycles. The molecule has 0 saturated heterocycles. The molecule has 1 aromatic rings. The zero-order chi connectivity index (χ0) is 29.1. The maximum Gasteiger partial charge on any atom is 0.384 e. The summed E-state index contributed by atoms with van der Waals surface area (Å²) in [5.74, 6) is -4.43. The Kier molecular flexibility index (Phi) is 6.97. The number of aliphatic hydroxyl groups is 3. The molecule has 6 atom stereocenters. The number of phenolic OH excluding ortho intramolecular Hbond substituents is 1. The van der Waals surface area contributed by atoms with Crippen molar-refractivity contribution >= 4 is 34.9 Å². The monoisotopic (exact) mass is 541 g/mol. The maximum atomic E-state index is 13.9. The third kappa shape index (κ3) is 4.05. The molecule has 39 heavy (non-hydrogen) atoms. The van der Waals surface area contributed by atoms with E-state index in [1.54, 1.807) is 33.1 Å². The molecule has 3 aliphatic carbocycles. The number of aliphatic hydroxyl groups excluding tert-OH is 2. The van der Waals surface area contributed by atoms with Crippen molar-refractivity contribution in [2.24, 2.45) is 23.5 Å². The number of nitrogens with zero attached hydrogens (tertiary/aromatic N) is 2. The van der Waals surface area contributed by atoms with Gasteiger partial charge in [-0.2, -0.15) is 0 Å². The summed E-state index contributed by atoms with van der Waals surface area (Å²) < 4.78 is 4.52. The SMILES string of the molecule is COC(=O)C#Cc1cc(N(C)C)c2c(c1O)C(O)=C1C(=O)[C@]3(O)C(=O)C(C(N)=O)C(O)[C@@H](N(C)C)[C@@H]3C[C@@H]1C2. The first-order chi connectivity index (χ1) is 18.2. The van der Waals surface area contributed by atoms with Gasteiger partial charge in [0.05, 0.1) is 24.3 Å². The lowest BCUT2D eigenvalue weighted by Crippen LogP contribution is -2.73.